The fourth-order valence-corrected chi connectivity index (χ4v) is 5.81. The number of nitrogens with zero attached hydrogens (tertiary/aromatic N) is 1. The van der Waals surface area contributed by atoms with Crippen LogP contribution in [0, 0.1) is 0 Å². The molecule has 36 heavy (non-hydrogen) atoms. The summed E-state index contributed by atoms with van der Waals surface area (Å²) < 4.78 is 0. The molecule has 1 heteroatoms. The van der Waals surface area contributed by atoms with E-state index in [2.05, 4.69) is 32.8 Å². The van der Waals surface area contributed by atoms with Crippen molar-refractivity contribution in [1.29, 1.82) is 0 Å². The average Bonchev–Trinajstić information content (AvgIpc) is 2.87. The molecule has 0 aliphatic carbocycles. The second-order valence-electron chi connectivity index (χ2n) is 12.4. The molecule has 0 aliphatic heterocycles. The van der Waals surface area contributed by atoms with Crippen molar-refractivity contribution in [3.8, 4) is 0 Å². The predicted octanol–water partition coefficient (Wildman–Crippen LogP) is 12.7. The molecule has 0 amide bonds. The molecule has 0 saturated carbocycles. The summed E-state index contributed by atoms with van der Waals surface area (Å²) >= 11 is 0. The van der Waals surface area contributed by atoms with Crippen LogP contribution in [0.15, 0.2) is 0 Å². The lowest BCUT2D eigenvalue weighted by molar-refractivity contribution is 0.251. The van der Waals surface area contributed by atoms with Gasteiger partial charge in [-0.25, -0.2) is 0 Å². The minimum absolute atomic E-state index is 0.819. The van der Waals surface area contributed by atoms with E-state index in [0.29, 0.717) is 0 Å². The van der Waals surface area contributed by atoms with Crippen LogP contribution >= 0.6 is 0 Å². The average molecular weight is 508 g/mol. The lowest BCUT2D eigenvalue weighted by atomic mass is 9.99. The molecule has 0 fully saturated rings. The summed E-state index contributed by atoms with van der Waals surface area (Å²) in [5.41, 5.74) is 0. The van der Waals surface area contributed by atoms with Crippen LogP contribution < -0.4 is 0 Å². The Morgan fingerprint density at radius 3 is 0.694 bits per heavy atom. The maximum Gasteiger partial charge on any atom is 0.00891 e. The van der Waals surface area contributed by atoms with Gasteiger partial charge < -0.3 is 4.90 Å². The van der Waals surface area contributed by atoms with E-state index in [4.69, 9.17) is 0 Å². The van der Waals surface area contributed by atoms with Crippen LogP contribution in [0.5, 0.6) is 0 Å². The first-order valence-corrected chi connectivity index (χ1v) is 17.4. The van der Waals surface area contributed by atoms with Gasteiger partial charge >= 0.3 is 0 Å². The summed E-state index contributed by atoms with van der Waals surface area (Å²) in [4.78, 5) is 2.50. The fourth-order valence-electron chi connectivity index (χ4n) is 5.81. The van der Waals surface area contributed by atoms with Gasteiger partial charge in [0, 0.05) is 6.04 Å². The van der Waals surface area contributed by atoms with Crippen molar-refractivity contribution in [1.82, 2.24) is 4.90 Å². The molecule has 0 radical (unpaired) electrons. The number of hydrogen-bond acceptors (Lipinski definition) is 1. The Hall–Kier alpha value is -0.0400. The van der Waals surface area contributed by atoms with Gasteiger partial charge in [-0.15, -0.1) is 0 Å². The maximum atomic E-state index is 2.50. The third kappa shape index (κ3) is 28.5. The van der Waals surface area contributed by atoms with E-state index in [1.807, 2.05) is 0 Å². The highest BCUT2D eigenvalue weighted by atomic mass is 15.1. The molecule has 0 heterocycles. The Labute approximate surface area is 231 Å². The molecule has 0 unspecified atom stereocenters. The van der Waals surface area contributed by atoms with Gasteiger partial charge in [0.1, 0.15) is 0 Å². The van der Waals surface area contributed by atoms with Gasteiger partial charge in [-0.2, -0.15) is 0 Å². The first-order valence-electron chi connectivity index (χ1n) is 17.4. The fraction of sp³-hybridized carbons (Fsp3) is 1.00. The number of unbranched alkanes of at least 4 members (excludes halogenated alkanes) is 26. The molecule has 218 valence electrons. The van der Waals surface area contributed by atoms with Gasteiger partial charge in [0.2, 0.25) is 0 Å². The zero-order valence-corrected chi connectivity index (χ0v) is 26.2. The van der Waals surface area contributed by atoms with Crippen molar-refractivity contribution in [3.05, 3.63) is 0 Å². The molecular formula is C35H73N. The van der Waals surface area contributed by atoms with Crippen molar-refractivity contribution < 1.29 is 0 Å². The summed E-state index contributed by atoms with van der Waals surface area (Å²) in [5.74, 6) is 0. The van der Waals surface area contributed by atoms with Crippen LogP contribution in [0.3, 0.4) is 0 Å². The van der Waals surface area contributed by atoms with Gasteiger partial charge in [-0.3, -0.25) is 0 Å². The van der Waals surface area contributed by atoms with E-state index in [9.17, 15) is 0 Å². The minimum atomic E-state index is 0.819. The zero-order chi connectivity index (χ0) is 26.4. The quantitative estimate of drug-likeness (QED) is 0.0843. The monoisotopic (exact) mass is 508 g/mol. The Morgan fingerprint density at radius 2 is 0.500 bits per heavy atom. The molecule has 0 aliphatic rings. The summed E-state index contributed by atoms with van der Waals surface area (Å²) in [6.07, 6.45) is 43.8. The van der Waals surface area contributed by atoms with Crippen LogP contribution in [-0.4, -0.2) is 25.0 Å². The molecule has 0 atom stereocenters. The van der Waals surface area contributed by atoms with Crippen LogP contribution in [0.25, 0.3) is 0 Å². The van der Waals surface area contributed by atoms with E-state index in [1.165, 1.54) is 193 Å². The molecular weight excluding hydrogens is 434 g/mol. The van der Waals surface area contributed by atoms with Crippen LogP contribution in [0.4, 0.5) is 0 Å². The standard InChI is InChI=1S/C35H73N/c1-5-7-9-11-13-15-17-19-21-23-25-27-29-31-33-35(36(3)4)34-32-30-28-26-24-22-20-18-16-14-12-10-8-6-2/h35H,5-34H2,1-4H3. The maximum absolute atomic E-state index is 2.50. The van der Waals surface area contributed by atoms with E-state index in [0.717, 1.165) is 6.04 Å². The summed E-state index contributed by atoms with van der Waals surface area (Å²) in [6.45, 7) is 4.62. The molecule has 0 aromatic heterocycles. The second-order valence-corrected chi connectivity index (χ2v) is 12.4. The molecule has 0 N–H and O–H groups in total. The smallest absolute Gasteiger partial charge is 0.00891 e. The van der Waals surface area contributed by atoms with E-state index in [-0.39, 0.29) is 0 Å². The highest BCUT2D eigenvalue weighted by Gasteiger charge is 2.10. The lowest BCUT2D eigenvalue weighted by Gasteiger charge is -2.24. The van der Waals surface area contributed by atoms with Crippen LogP contribution in [0.1, 0.15) is 206 Å². The third-order valence-corrected chi connectivity index (χ3v) is 8.51. The largest absolute Gasteiger partial charge is 0.306 e. The van der Waals surface area contributed by atoms with Crippen molar-refractivity contribution >= 4 is 0 Å². The molecule has 0 rings (SSSR count). The van der Waals surface area contributed by atoms with Crippen molar-refractivity contribution in [3.63, 3.8) is 0 Å². The third-order valence-electron chi connectivity index (χ3n) is 8.51. The molecule has 1 nitrogen and oxygen atoms in total. The Kier molecular flexibility index (Phi) is 31.1. The summed E-state index contributed by atoms with van der Waals surface area (Å²) in [5, 5.41) is 0. The highest BCUT2D eigenvalue weighted by Crippen LogP contribution is 2.18. The SMILES string of the molecule is CCCCCCCCCCCCCCCCC(CCCCCCCCCCCCCCCC)N(C)C. The van der Waals surface area contributed by atoms with Gasteiger partial charge in [0.25, 0.3) is 0 Å². The summed E-state index contributed by atoms with van der Waals surface area (Å²) in [6, 6.07) is 0.819. The first-order chi connectivity index (χ1) is 17.7. The highest BCUT2D eigenvalue weighted by molar-refractivity contribution is 4.67. The van der Waals surface area contributed by atoms with Gasteiger partial charge in [0.05, 0.1) is 0 Å². The molecule has 0 saturated heterocycles. The predicted molar refractivity (Wildman–Crippen MR) is 167 cm³/mol. The summed E-state index contributed by atoms with van der Waals surface area (Å²) in [7, 11) is 4.61. The van der Waals surface area contributed by atoms with Crippen molar-refractivity contribution in [2.24, 2.45) is 0 Å². The van der Waals surface area contributed by atoms with E-state index < -0.39 is 0 Å². The van der Waals surface area contributed by atoms with Crippen molar-refractivity contribution in [2.45, 2.75) is 213 Å². The van der Waals surface area contributed by atoms with E-state index >= 15 is 0 Å². The van der Waals surface area contributed by atoms with Gasteiger partial charge in [0.15, 0.2) is 0 Å². The second kappa shape index (κ2) is 31.2. The first kappa shape index (κ1) is 36.0. The normalized spacial score (nSPS) is 11.8. The van der Waals surface area contributed by atoms with E-state index in [1.54, 1.807) is 0 Å². The number of hydrogen-bond donors (Lipinski definition) is 0. The Balaban J connectivity index is 3.39. The Bertz CT molecular complexity index is 345. The Morgan fingerprint density at radius 1 is 0.306 bits per heavy atom. The minimum Gasteiger partial charge on any atom is -0.306 e. The van der Waals surface area contributed by atoms with Gasteiger partial charge in [-0.1, -0.05) is 194 Å². The molecule has 0 bridgehead atoms. The zero-order valence-electron chi connectivity index (χ0n) is 26.2. The molecule has 0 aromatic rings. The number of rotatable bonds is 31. The topological polar surface area (TPSA) is 3.24 Å². The van der Waals surface area contributed by atoms with Crippen LogP contribution in [0.2, 0.25) is 0 Å². The molecule has 0 aromatic carbocycles. The molecule has 0 spiro atoms. The van der Waals surface area contributed by atoms with Gasteiger partial charge in [-0.05, 0) is 26.9 Å². The van der Waals surface area contributed by atoms with Crippen LogP contribution in [-0.2, 0) is 0 Å². The van der Waals surface area contributed by atoms with Crippen molar-refractivity contribution in [2.75, 3.05) is 14.1 Å². The lowest BCUT2D eigenvalue weighted by Crippen LogP contribution is -2.27.